The van der Waals surface area contributed by atoms with Gasteiger partial charge in [-0.15, -0.1) is 0 Å². The fourth-order valence-electron chi connectivity index (χ4n) is 1.66. The third-order valence-electron chi connectivity index (χ3n) is 2.60. The zero-order valence-electron chi connectivity index (χ0n) is 10.1. The summed E-state index contributed by atoms with van der Waals surface area (Å²) >= 11 is 0. The highest BCUT2D eigenvalue weighted by atomic mass is 16.4. The van der Waals surface area contributed by atoms with Crippen LogP contribution in [-0.2, 0) is 11.3 Å². The van der Waals surface area contributed by atoms with E-state index in [-0.39, 0.29) is 5.92 Å². The van der Waals surface area contributed by atoms with Crippen LogP contribution in [0.25, 0.3) is 0 Å². The average molecular weight is 225 g/mol. The lowest BCUT2D eigenvalue weighted by Gasteiger charge is -2.19. The molecule has 0 amide bonds. The van der Waals surface area contributed by atoms with Gasteiger partial charge in [-0.1, -0.05) is 6.92 Å². The third kappa shape index (κ3) is 3.70. The summed E-state index contributed by atoms with van der Waals surface area (Å²) in [5, 5.41) is 8.94. The van der Waals surface area contributed by atoms with Crippen LogP contribution in [0.15, 0.2) is 16.5 Å². The number of furan rings is 1. The Morgan fingerprint density at radius 3 is 2.69 bits per heavy atom. The van der Waals surface area contributed by atoms with Crippen molar-refractivity contribution in [2.75, 3.05) is 13.6 Å². The average Bonchev–Trinajstić information content (AvgIpc) is 2.60. The van der Waals surface area contributed by atoms with Gasteiger partial charge >= 0.3 is 5.97 Å². The second kappa shape index (κ2) is 5.70. The molecular weight excluding hydrogens is 206 g/mol. The van der Waals surface area contributed by atoms with Crippen molar-refractivity contribution in [1.29, 1.82) is 0 Å². The summed E-state index contributed by atoms with van der Waals surface area (Å²) < 4.78 is 5.44. The first kappa shape index (κ1) is 12.8. The quantitative estimate of drug-likeness (QED) is 0.805. The van der Waals surface area contributed by atoms with E-state index in [0.717, 1.165) is 11.5 Å². The van der Waals surface area contributed by atoms with E-state index in [4.69, 9.17) is 9.52 Å². The van der Waals surface area contributed by atoms with Crippen LogP contribution < -0.4 is 0 Å². The number of aryl methyl sites for hydroxylation is 1. The molecule has 1 atom stereocenters. The van der Waals surface area contributed by atoms with E-state index in [0.29, 0.717) is 19.5 Å². The molecule has 0 bridgehead atoms. The SMILES string of the molecule is CCC(CN(C)Cc1ccc(C)o1)C(=O)O. The monoisotopic (exact) mass is 225 g/mol. The maximum Gasteiger partial charge on any atom is 0.307 e. The van der Waals surface area contributed by atoms with Gasteiger partial charge in [0.2, 0.25) is 0 Å². The lowest BCUT2D eigenvalue weighted by atomic mass is 10.1. The minimum Gasteiger partial charge on any atom is -0.481 e. The molecule has 0 saturated carbocycles. The zero-order valence-corrected chi connectivity index (χ0v) is 10.1. The van der Waals surface area contributed by atoms with Crippen LogP contribution in [-0.4, -0.2) is 29.6 Å². The Bertz CT molecular complexity index is 346. The van der Waals surface area contributed by atoms with Crippen LogP contribution in [0.4, 0.5) is 0 Å². The summed E-state index contributed by atoms with van der Waals surface area (Å²) in [6.45, 7) is 4.99. The molecule has 0 aliphatic rings. The molecule has 0 spiro atoms. The van der Waals surface area contributed by atoms with Gasteiger partial charge in [0.15, 0.2) is 0 Å². The van der Waals surface area contributed by atoms with Crippen LogP contribution in [0.3, 0.4) is 0 Å². The molecule has 1 rings (SSSR count). The first-order valence-electron chi connectivity index (χ1n) is 5.49. The van der Waals surface area contributed by atoms with Gasteiger partial charge in [-0.25, -0.2) is 0 Å². The van der Waals surface area contributed by atoms with Crippen LogP contribution in [0, 0.1) is 12.8 Å². The van der Waals surface area contributed by atoms with E-state index < -0.39 is 5.97 Å². The van der Waals surface area contributed by atoms with Gasteiger partial charge in [0.05, 0.1) is 12.5 Å². The molecule has 1 aromatic rings. The van der Waals surface area contributed by atoms with Crippen LogP contribution in [0.1, 0.15) is 24.9 Å². The van der Waals surface area contributed by atoms with Gasteiger partial charge in [-0.3, -0.25) is 9.69 Å². The number of aliphatic carboxylic acids is 1. The molecule has 90 valence electrons. The Kier molecular flexibility index (Phi) is 4.55. The van der Waals surface area contributed by atoms with Gasteiger partial charge in [0.25, 0.3) is 0 Å². The van der Waals surface area contributed by atoms with Crippen molar-refractivity contribution < 1.29 is 14.3 Å². The molecule has 1 aromatic heterocycles. The third-order valence-corrected chi connectivity index (χ3v) is 2.60. The molecule has 0 saturated heterocycles. The largest absolute Gasteiger partial charge is 0.481 e. The number of carboxylic acid groups (broad SMARTS) is 1. The van der Waals surface area contributed by atoms with Gasteiger partial charge in [0.1, 0.15) is 11.5 Å². The standard InChI is InChI=1S/C12H19NO3/c1-4-10(12(14)15)7-13(3)8-11-6-5-9(2)16-11/h5-6,10H,4,7-8H2,1-3H3,(H,14,15). The number of rotatable bonds is 6. The van der Waals surface area contributed by atoms with E-state index in [1.54, 1.807) is 0 Å². The molecule has 1 unspecified atom stereocenters. The summed E-state index contributed by atoms with van der Waals surface area (Å²) in [5.74, 6) is 0.722. The Morgan fingerprint density at radius 1 is 1.56 bits per heavy atom. The van der Waals surface area contributed by atoms with Crippen molar-refractivity contribution in [2.45, 2.75) is 26.8 Å². The maximum absolute atomic E-state index is 10.9. The van der Waals surface area contributed by atoms with Crippen molar-refractivity contribution in [2.24, 2.45) is 5.92 Å². The number of hydrogen-bond donors (Lipinski definition) is 1. The van der Waals surface area contributed by atoms with Crippen LogP contribution in [0.2, 0.25) is 0 Å². The lowest BCUT2D eigenvalue weighted by Crippen LogP contribution is -2.29. The lowest BCUT2D eigenvalue weighted by molar-refractivity contribution is -0.142. The second-order valence-corrected chi connectivity index (χ2v) is 4.15. The highest BCUT2D eigenvalue weighted by molar-refractivity contribution is 5.70. The molecule has 0 fully saturated rings. The molecule has 16 heavy (non-hydrogen) atoms. The molecule has 0 aliphatic heterocycles. The minimum atomic E-state index is -0.732. The summed E-state index contributed by atoms with van der Waals surface area (Å²) in [5.41, 5.74) is 0. The Morgan fingerprint density at radius 2 is 2.25 bits per heavy atom. The fraction of sp³-hybridized carbons (Fsp3) is 0.583. The number of hydrogen-bond acceptors (Lipinski definition) is 3. The molecule has 4 heteroatoms. The van der Waals surface area contributed by atoms with Crippen molar-refractivity contribution >= 4 is 5.97 Å². The predicted molar refractivity (Wildman–Crippen MR) is 61.2 cm³/mol. The predicted octanol–water partition coefficient (Wildman–Crippen LogP) is 2.13. The van der Waals surface area contributed by atoms with Gasteiger partial charge < -0.3 is 9.52 Å². The first-order chi connectivity index (χ1) is 7.52. The Labute approximate surface area is 95.9 Å². The molecule has 1 heterocycles. The normalized spacial score (nSPS) is 13.0. The Hall–Kier alpha value is -1.29. The molecular formula is C12H19NO3. The maximum atomic E-state index is 10.9. The van der Waals surface area contributed by atoms with Crippen LogP contribution >= 0.6 is 0 Å². The number of carbonyl (C=O) groups is 1. The molecule has 0 aromatic carbocycles. The van der Waals surface area contributed by atoms with E-state index in [2.05, 4.69) is 0 Å². The summed E-state index contributed by atoms with van der Waals surface area (Å²) in [4.78, 5) is 12.8. The first-order valence-corrected chi connectivity index (χ1v) is 5.49. The highest BCUT2D eigenvalue weighted by Crippen LogP contribution is 2.11. The van der Waals surface area contributed by atoms with Crippen molar-refractivity contribution in [1.82, 2.24) is 4.90 Å². The van der Waals surface area contributed by atoms with Gasteiger partial charge in [0, 0.05) is 6.54 Å². The summed E-state index contributed by atoms with van der Waals surface area (Å²) in [7, 11) is 1.91. The van der Waals surface area contributed by atoms with Gasteiger partial charge in [-0.2, -0.15) is 0 Å². The smallest absolute Gasteiger partial charge is 0.307 e. The molecule has 0 aliphatic carbocycles. The second-order valence-electron chi connectivity index (χ2n) is 4.15. The summed E-state index contributed by atoms with van der Waals surface area (Å²) in [6.07, 6.45) is 0.650. The van der Waals surface area contributed by atoms with E-state index >= 15 is 0 Å². The highest BCUT2D eigenvalue weighted by Gasteiger charge is 2.17. The van der Waals surface area contributed by atoms with E-state index in [1.165, 1.54) is 0 Å². The fourth-order valence-corrected chi connectivity index (χ4v) is 1.66. The van der Waals surface area contributed by atoms with Crippen molar-refractivity contribution in [3.8, 4) is 0 Å². The zero-order chi connectivity index (χ0) is 12.1. The van der Waals surface area contributed by atoms with Crippen molar-refractivity contribution in [3.63, 3.8) is 0 Å². The number of nitrogens with zero attached hydrogens (tertiary/aromatic N) is 1. The molecule has 1 N–H and O–H groups in total. The van der Waals surface area contributed by atoms with Gasteiger partial charge in [-0.05, 0) is 32.5 Å². The van der Waals surface area contributed by atoms with E-state index in [1.807, 2.05) is 37.9 Å². The van der Waals surface area contributed by atoms with E-state index in [9.17, 15) is 4.79 Å². The summed E-state index contributed by atoms with van der Waals surface area (Å²) in [6, 6.07) is 3.84. The molecule has 0 radical (unpaired) electrons. The topological polar surface area (TPSA) is 53.7 Å². The minimum absolute atomic E-state index is 0.305. The van der Waals surface area contributed by atoms with Crippen molar-refractivity contribution in [3.05, 3.63) is 23.7 Å². The van der Waals surface area contributed by atoms with Crippen LogP contribution in [0.5, 0.6) is 0 Å². The molecule has 4 nitrogen and oxygen atoms in total. The Balaban J connectivity index is 2.46. The number of carboxylic acids is 1.